The van der Waals surface area contributed by atoms with Gasteiger partial charge in [-0.05, 0) is 31.5 Å². The Morgan fingerprint density at radius 1 is 1.15 bits per heavy atom. The van der Waals surface area contributed by atoms with Crippen LogP contribution in [0, 0.1) is 6.92 Å². The molecule has 3 amide bonds. The number of hydrogen-bond donors (Lipinski definition) is 4. The zero-order chi connectivity index (χ0) is 30.3. The molecule has 8 nitrogen and oxygen atoms in total. The molecule has 40 heavy (non-hydrogen) atoms. The Hall–Kier alpha value is -3.64. The predicted octanol–water partition coefficient (Wildman–Crippen LogP) is 3.02. The third-order valence-electron chi connectivity index (χ3n) is 5.52. The van der Waals surface area contributed by atoms with Gasteiger partial charge in [-0.3, -0.25) is 14.4 Å². The number of anilines is 1. The number of thiol groups is 1. The number of hydrogen-bond acceptors (Lipinski definition) is 4. The summed E-state index contributed by atoms with van der Waals surface area (Å²) in [5, 5.41) is 5.20. The van der Waals surface area contributed by atoms with Crippen molar-refractivity contribution in [2.75, 3.05) is 30.7 Å². The van der Waals surface area contributed by atoms with Gasteiger partial charge in [0.05, 0.1) is 18.5 Å². The average Bonchev–Trinajstić information content (AvgIpc) is 2.91. The van der Waals surface area contributed by atoms with Crippen LogP contribution in [0.2, 0.25) is 0 Å². The topological polar surface area (TPSA) is 120 Å². The molecule has 0 spiro atoms. The second-order valence-electron chi connectivity index (χ2n) is 8.80. The molecule has 1 atom stereocenters. The van der Waals surface area contributed by atoms with Gasteiger partial charge >= 0.3 is 6.18 Å². The van der Waals surface area contributed by atoms with E-state index in [2.05, 4.69) is 47.1 Å². The van der Waals surface area contributed by atoms with E-state index in [-0.39, 0.29) is 18.9 Å². The molecule has 0 fully saturated rings. The number of carbonyl (C=O) groups excluding carboxylic acids is 3. The number of nitrogens with zero attached hydrogens (tertiary/aromatic N) is 1. The van der Waals surface area contributed by atoms with Gasteiger partial charge in [-0.2, -0.15) is 25.8 Å². The molecule has 1 heterocycles. The van der Waals surface area contributed by atoms with Crippen LogP contribution in [0.1, 0.15) is 42.1 Å². The summed E-state index contributed by atoms with van der Waals surface area (Å²) < 4.78 is 35.8. The lowest BCUT2D eigenvalue weighted by Gasteiger charge is -2.21. The van der Waals surface area contributed by atoms with E-state index < -0.39 is 29.6 Å². The Kier molecular flexibility index (Phi) is 14.7. The number of aryl methyl sites for hydroxylation is 1. The van der Waals surface area contributed by atoms with E-state index in [0.29, 0.717) is 24.5 Å². The first kappa shape index (κ1) is 34.4. The van der Waals surface area contributed by atoms with Gasteiger partial charge in [0.1, 0.15) is 5.69 Å². The number of quaternary nitrogens is 1. The van der Waals surface area contributed by atoms with E-state index >= 15 is 0 Å². The number of alkyl halides is 3. The quantitative estimate of drug-likeness (QED) is 0.289. The summed E-state index contributed by atoms with van der Waals surface area (Å²) in [4.78, 5) is 41.3. The number of pyridine rings is 1. The fraction of sp³-hybridized carbons (Fsp3) is 0.357. The van der Waals surface area contributed by atoms with E-state index in [1.807, 2.05) is 6.92 Å². The van der Waals surface area contributed by atoms with Crippen molar-refractivity contribution in [3.05, 3.63) is 72.1 Å². The van der Waals surface area contributed by atoms with Gasteiger partial charge in [0.15, 0.2) is 12.2 Å². The van der Waals surface area contributed by atoms with Crippen LogP contribution >= 0.6 is 12.6 Å². The first-order chi connectivity index (χ1) is 18.9. The molecular weight excluding hydrogens is 543 g/mol. The van der Waals surface area contributed by atoms with Crippen molar-refractivity contribution in [1.82, 2.24) is 10.2 Å². The number of halogens is 3. The maximum Gasteiger partial charge on any atom is 0.416 e. The van der Waals surface area contributed by atoms with Crippen LogP contribution in [0.15, 0.2) is 49.7 Å². The van der Waals surface area contributed by atoms with Crippen LogP contribution in [0.25, 0.3) is 12.2 Å². The molecule has 0 saturated carbocycles. The minimum absolute atomic E-state index is 0.0120. The summed E-state index contributed by atoms with van der Waals surface area (Å²) in [5.74, 6) is -0.431. The Balaban J connectivity index is 0.000000603. The highest BCUT2D eigenvalue weighted by molar-refractivity contribution is 7.80. The lowest BCUT2D eigenvalue weighted by Crippen LogP contribution is -2.69. The second-order valence-corrected chi connectivity index (χ2v) is 9.25. The molecule has 1 aromatic carbocycles. The highest BCUT2D eigenvalue weighted by atomic mass is 32.1. The minimum atomic E-state index is -4.21. The zero-order valence-electron chi connectivity index (χ0n) is 22.8. The van der Waals surface area contributed by atoms with E-state index in [4.69, 9.17) is 0 Å². The number of aromatic amines is 1. The van der Waals surface area contributed by atoms with Crippen molar-refractivity contribution in [3.8, 4) is 0 Å². The van der Waals surface area contributed by atoms with Gasteiger partial charge in [-0.25, -0.2) is 4.98 Å². The first-order valence-corrected chi connectivity index (χ1v) is 13.2. The third kappa shape index (κ3) is 12.0. The van der Waals surface area contributed by atoms with Crippen LogP contribution in [-0.4, -0.2) is 54.1 Å². The summed E-state index contributed by atoms with van der Waals surface area (Å²) in [6, 6.07) is 6.02. The molecule has 2 aromatic rings. The number of aromatic nitrogens is 1. The first-order valence-electron chi connectivity index (χ1n) is 12.6. The number of nitrogens with one attached hydrogen (secondary N) is 3. The highest BCUT2D eigenvalue weighted by Crippen LogP contribution is 2.28. The van der Waals surface area contributed by atoms with Crippen LogP contribution < -0.4 is 21.4 Å². The van der Waals surface area contributed by atoms with Crippen LogP contribution in [0.5, 0.6) is 0 Å². The van der Waals surface area contributed by atoms with Crippen molar-refractivity contribution in [3.63, 3.8) is 0 Å². The van der Waals surface area contributed by atoms with Crippen LogP contribution in [0.4, 0.5) is 18.9 Å². The summed E-state index contributed by atoms with van der Waals surface area (Å²) in [6.45, 7) is 12.1. The van der Waals surface area contributed by atoms with Crippen LogP contribution in [0.3, 0.4) is 0 Å². The van der Waals surface area contributed by atoms with Crippen LogP contribution in [-0.2, 0) is 20.6 Å². The Morgan fingerprint density at radius 2 is 1.80 bits per heavy atom. The van der Waals surface area contributed by atoms with Gasteiger partial charge in [0.25, 0.3) is 5.91 Å². The lowest BCUT2D eigenvalue weighted by atomic mass is 10.1. The molecule has 0 aliphatic heterocycles. The molecule has 1 aromatic heterocycles. The summed E-state index contributed by atoms with van der Waals surface area (Å²) in [7, 11) is 0. The Bertz CT molecular complexity index is 1150. The van der Waals surface area contributed by atoms with E-state index in [1.54, 1.807) is 36.2 Å². The molecule has 6 N–H and O–H groups in total. The molecule has 0 bridgehead atoms. The fourth-order valence-corrected chi connectivity index (χ4v) is 3.63. The fourth-order valence-electron chi connectivity index (χ4n) is 3.39. The molecule has 12 heteroatoms. The summed E-state index contributed by atoms with van der Waals surface area (Å²) >= 11 is 4.15. The van der Waals surface area contributed by atoms with Crippen molar-refractivity contribution in [2.45, 2.75) is 38.9 Å². The molecule has 218 valence electrons. The molecule has 0 saturated heterocycles. The van der Waals surface area contributed by atoms with Crippen molar-refractivity contribution >= 4 is 48.2 Å². The maximum absolute atomic E-state index is 12.3. The standard InChI is InChI=1S/C20H29N5O3S.C8H7F3/c1-4-7-25(8-9-29)19(27)11-16(21)20(28)23-13-18(26)24-15-10-14(5-2)17(6-3)22-12-15;1-6-2-4-7(5-3-6)8(9,10)11/h5-6,10,12,16,29H,2-4,7-9,11,13,21H2,1H3,(H,23,28)(H,24,26);2-5H,1H3/p+2. The molecule has 0 aliphatic carbocycles. The normalized spacial score (nSPS) is 11.4. The number of H-pyrrole nitrogens is 1. The minimum Gasteiger partial charge on any atom is -0.347 e. The van der Waals surface area contributed by atoms with Gasteiger partial charge in [-0.15, -0.1) is 0 Å². The molecule has 1 unspecified atom stereocenters. The third-order valence-corrected chi connectivity index (χ3v) is 5.72. The van der Waals surface area contributed by atoms with E-state index in [0.717, 1.165) is 35.4 Å². The van der Waals surface area contributed by atoms with Gasteiger partial charge in [0, 0.05) is 30.5 Å². The lowest BCUT2D eigenvalue weighted by molar-refractivity contribution is -0.402. The summed E-state index contributed by atoms with van der Waals surface area (Å²) in [6.07, 6.45) is 1.51. The number of rotatable bonds is 12. The number of benzene rings is 1. The maximum atomic E-state index is 12.3. The predicted molar refractivity (Wildman–Crippen MR) is 153 cm³/mol. The monoisotopic (exact) mass is 581 g/mol. The average molecular weight is 582 g/mol. The Labute approximate surface area is 238 Å². The van der Waals surface area contributed by atoms with E-state index in [9.17, 15) is 27.6 Å². The van der Waals surface area contributed by atoms with Gasteiger partial charge in [0.2, 0.25) is 17.5 Å². The smallest absolute Gasteiger partial charge is 0.347 e. The van der Waals surface area contributed by atoms with Crippen molar-refractivity contribution in [2.24, 2.45) is 0 Å². The second kappa shape index (κ2) is 17.1. The van der Waals surface area contributed by atoms with Crippen molar-refractivity contribution < 1.29 is 38.3 Å². The van der Waals surface area contributed by atoms with Crippen molar-refractivity contribution in [1.29, 1.82) is 0 Å². The number of amides is 3. The highest BCUT2D eigenvalue weighted by Gasteiger charge is 2.29. The largest absolute Gasteiger partial charge is 0.416 e. The van der Waals surface area contributed by atoms with Gasteiger partial charge in [-0.1, -0.05) is 43.9 Å². The molecule has 0 aliphatic rings. The summed E-state index contributed by atoms with van der Waals surface area (Å²) in [5.41, 5.74) is 6.09. The Morgan fingerprint density at radius 3 is 2.33 bits per heavy atom. The van der Waals surface area contributed by atoms with E-state index in [1.165, 1.54) is 12.1 Å². The molecule has 2 rings (SSSR count). The molecular formula is C28H38F3N5O3S+2. The molecule has 0 radical (unpaired) electrons. The number of carbonyl (C=O) groups is 3. The van der Waals surface area contributed by atoms with Gasteiger partial charge < -0.3 is 21.3 Å². The zero-order valence-corrected chi connectivity index (χ0v) is 23.7. The SMILES string of the molecule is C=Cc1cc(NC(=O)CNC(=O)C([NH3+])CC(=O)N(CCC)CCS)c[nH+]c1C=C.Cc1ccc(C(F)(F)F)cc1.